The molecule has 7 nitrogen and oxygen atoms in total. The predicted octanol–water partition coefficient (Wildman–Crippen LogP) is 2.28. The second kappa shape index (κ2) is 7.28. The van der Waals surface area contributed by atoms with Gasteiger partial charge in [0.05, 0.1) is 5.69 Å². The molecule has 0 spiro atoms. The highest BCUT2D eigenvalue weighted by atomic mass is 19.1. The van der Waals surface area contributed by atoms with Crippen molar-refractivity contribution >= 4 is 23.1 Å². The van der Waals surface area contributed by atoms with Crippen LogP contribution in [0.25, 0.3) is 11.1 Å². The van der Waals surface area contributed by atoms with Crippen LogP contribution in [0.3, 0.4) is 0 Å². The molecule has 1 amide bonds. The maximum atomic E-state index is 14.8. The quantitative estimate of drug-likeness (QED) is 0.825. The van der Waals surface area contributed by atoms with E-state index in [-0.39, 0.29) is 24.9 Å². The van der Waals surface area contributed by atoms with Crippen LogP contribution in [0.4, 0.5) is 15.8 Å². The lowest BCUT2D eigenvalue weighted by Gasteiger charge is -2.41. The molecule has 0 saturated carbocycles. The fourth-order valence-electron chi connectivity index (χ4n) is 4.24. The van der Waals surface area contributed by atoms with Gasteiger partial charge in [-0.15, -0.1) is 0 Å². The summed E-state index contributed by atoms with van der Waals surface area (Å²) in [5.74, 6) is 0.863. The van der Waals surface area contributed by atoms with Gasteiger partial charge in [0.1, 0.15) is 24.7 Å². The van der Waals surface area contributed by atoms with E-state index in [4.69, 9.17) is 4.74 Å². The zero-order valence-electron chi connectivity index (χ0n) is 17.1. The Morgan fingerprint density at radius 3 is 2.80 bits per heavy atom. The summed E-state index contributed by atoms with van der Waals surface area (Å²) < 4.78 is 20.7. The number of anilines is 2. The molecule has 8 heteroatoms. The molecule has 1 fully saturated rings. The fraction of sp³-hybridized carbons (Fsp3) is 0.364. The van der Waals surface area contributed by atoms with Gasteiger partial charge in [0.25, 0.3) is 5.91 Å². The minimum absolute atomic E-state index is 0.167. The second-order valence-corrected chi connectivity index (χ2v) is 8.03. The molecule has 3 heterocycles. The molecule has 3 aliphatic heterocycles. The summed E-state index contributed by atoms with van der Waals surface area (Å²) in [4.78, 5) is 18.5. The van der Waals surface area contributed by atoms with E-state index in [9.17, 15) is 9.18 Å². The van der Waals surface area contributed by atoms with Crippen LogP contribution in [0, 0.1) is 5.82 Å². The van der Waals surface area contributed by atoms with Gasteiger partial charge >= 0.3 is 0 Å². The Morgan fingerprint density at radius 2 is 2.00 bits per heavy atom. The summed E-state index contributed by atoms with van der Waals surface area (Å²) >= 11 is 0. The first kappa shape index (κ1) is 18.9. The number of hydrazone groups is 1. The fourth-order valence-corrected chi connectivity index (χ4v) is 4.24. The average Bonchev–Trinajstić information content (AvgIpc) is 2.75. The van der Waals surface area contributed by atoms with E-state index in [1.807, 2.05) is 23.1 Å². The third-order valence-electron chi connectivity index (χ3n) is 6.11. The topological polar surface area (TPSA) is 60.4 Å². The normalized spacial score (nSPS) is 21.4. The summed E-state index contributed by atoms with van der Waals surface area (Å²) in [6.07, 6.45) is 0. The lowest BCUT2D eigenvalue weighted by Crippen LogP contribution is -2.51. The van der Waals surface area contributed by atoms with Crippen LogP contribution in [0.15, 0.2) is 41.5 Å². The first-order valence-electron chi connectivity index (χ1n) is 10.1. The summed E-state index contributed by atoms with van der Waals surface area (Å²) in [7, 11) is 2.12. The second-order valence-electron chi connectivity index (χ2n) is 8.03. The molecule has 0 radical (unpaired) electrons. The van der Waals surface area contributed by atoms with Crippen LogP contribution >= 0.6 is 0 Å². The molecule has 0 aliphatic carbocycles. The minimum Gasteiger partial charge on any atom is -0.483 e. The Hall–Kier alpha value is -3.13. The number of hydrogen-bond acceptors (Lipinski definition) is 6. The van der Waals surface area contributed by atoms with E-state index in [2.05, 4.69) is 34.3 Å². The Morgan fingerprint density at radius 1 is 1.17 bits per heavy atom. The predicted molar refractivity (Wildman–Crippen MR) is 115 cm³/mol. The van der Waals surface area contributed by atoms with Crippen molar-refractivity contribution in [3.63, 3.8) is 0 Å². The zero-order valence-corrected chi connectivity index (χ0v) is 17.1. The number of carbonyl (C=O) groups is 1. The molecule has 156 valence electrons. The number of likely N-dealkylation sites (N-methyl/N-ethyl adjacent to an activating group) is 1. The number of piperazine rings is 1. The molecule has 3 aliphatic rings. The number of fused-ring (bicyclic) bond motifs is 3. The smallest absolute Gasteiger partial charge is 0.260 e. The number of amidine groups is 1. The number of benzene rings is 2. The van der Waals surface area contributed by atoms with Gasteiger partial charge in [0.15, 0.2) is 5.84 Å². The number of halogens is 1. The number of nitrogens with one attached hydrogen (secondary N) is 1. The number of ether oxygens (including phenoxy) is 1. The van der Waals surface area contributed by atoms with Crippen molar-refractivity contribution in [1.29, 1.82) is 0 Å². The lowest BCUT2D eigenvalue weighted by atomic mass is 9.99. The van der Waals surface area contributed by atoms with Crippen molar-refractivity contribution in [3.05, 3.63) is 42.2 Å². The molecule has 1 unspecified atom stereocenters. The summed E-state index contributed by atoms with van der Waals surface area (Å²) in [5, 5.41) is 4.13. The molecule has 1 N–H and O–H groups in total. The molecule has 1 saturated heterocycles. The Bertz CT molecular complexity index is 1040. The Balaban J connectivity index is 1.66. The molecule has 0 bridgehead atoms. The summed E-state index contributed by atoms with van der Waals surface area (Å²) in [5.41, 5.74) is 5.57. The maximum absolute atomic E-state index is 14.8. The van der Waals surface area contributed by atoms with E-state index in [0.29, 0.717) is 23.2 Å². The largest absolute Gasteiger partial charge is 0.483 e. The lowest BCUT2D eigenvalue weighted by molar-refractivity contribution is -0.119. The Kier molecular flexibility index (Phi) is 4.58. The van der Waals surface area contributed by atoms with Crippen LogP contribution < -0.4 is 20.0 Å². The standard InChI is InChI=1S/C22H24FN5O2/c1-14-11-27(8-7-26(14)2)18-10-19-20(9-16(18)15-5-3-4-6-17(15)23)30-13-21-24-25-22(29)12-28(19)21/h3-6,9-10,14H,7-8,11-13H2,1-2H3,(H,25,29). The number of amides is 1. The van der Waals surface area contributed by atoms with Crippen molar-refractivity contribution in [2.45, 2.75) is 13.0 Å². The van der Waals surface area contributed by atoms with Crippen LogP contribution in [0.1, 0.15) is 6.92 Å². The molecular weight excluding hydrogens is 385 g/mol. The zero-order chi connectivity index (χ0) is 20.8. The van der Waals surface area contributed by atoms with Crippen molar-refractivity contribution in [1.82, 2.24) is 10.3 Å². The van der Waals surface area contributed by atoms with Crippen LogP contribution in [-0.4, -0.2) is 62.5 Å². The molecule has 30 heavy (non-hydrogen) atoms. The van der Waals surface area contributed by atoms with Crippen LogP contribution in [-0.2, 0) is 4.79 Å². The van der Waals surface area contributed by atoms with Crippen molar-refractivity contribution in [3.8, 4) is 16.9 Å². The van der Waals surface area contributed by atoms with Gasteiger partial charge in [-0.2, -0.15) is 5.10 Å². The summed E-state index contributed by atoms with van der Waals surface area (Å²) in [6.45, 7) is 5.23. The van der Waals surface area contributed by atoms with Gasteiger partial charge < -0.3 is 19.4 Å². The maximum Gasteiger partial charge on any atom is 0.260 e. The highest BCUT2D eigenvalue weighted by Gasteiger charge is 2.32. The van der Waals surface area contributed by atoms with E-state index in [1.54, 1.807) is 12.1 Å². The molecular formula is C22H24FN5O2. The highest BCUT2D eigenvalue weighted by Crippen LogP contribution is 2.44. The van der Waals surface area contributed by atoms with E-state index < -0.39 is 0 Å². The van der Waals surface area contributed by atoms with E-state index >= 15 is 0 Å². The van der Waals surface area contributed by atoms with Crippen molar-refractivity contribution in [2.75, 3.05) is 49.6 Å². The molecule has 0 aromatic heterocycles. The van der Waals surface area contributed by atoms with Gasteiger partial charge in [0.2, 0.25) is 0 Å². The van der Waals surface area contributed by atoms with Crippen molar-refractivity contribution in [2.24, 2.45) is 5.10 Å². The number of carbonyl (C=O) groups excluding carboxylic acids is 1. The molecule has 2 aromatic carbocycles. The van der Waals surface area contributed by atoms with Gasteiger partial charge in [-0.3, -0.25) is 4.79 Å². The third-order valence-corrected chi connectivity index (χ3v) is 6.11. The molecule has 1 atom stereocenters. The number of rotatable bonds is 2. The van der Waals surface area contributed by atoms with Crippen molar-refractivity contribution < 1.29 is 13.9 Å². The first-order chi connectivity index (χ1) is 14.5. The Labute approximate surface area is 174 Å². The minimum atomic E-state index is -0.267. The van der Waals surface area contributed by atoms with Gasteiger partial charge in [-0.05, 0) is 32.2 Å². The monoisotopic (exact) mass is 409 g/mol. The van der Waals surface area contributed by atoms with Gasteiger partial charge in [-0.1, -0.05) is 18.2 Å². The molecule has 5 rings (SSSR count). The van der Waals surface area contributed by atoms with Gasteiger partial charge in [0, 0.05) is 42.5 Å². The first-order valence-corrected chi connectivity index (χ1v) is 10.1. The van der Waals surface area contributed by atoms with E-state index in [0.717, 1.165) is 36.6 Å². The SMILES string of the molecule is CC1CN(c2cc3c(cc2-c2ccccc2F)OCC2=NNC(=O)CN23)CCN1C. The van der Waals surface area contributed by atoms with E-state index in [1.165, 1.54) is 6.07 Å². The number of hydrogen-bond donors (Lipinski definition) is 1. The van der Waals surface area contributed by atoms with Crippen LogP contribution in [0.2, 0.25) is 0 Å². The van der Waals surface area contributed by atoms with Gasteiger partial charge in [-0.25, -0.2) is 9.82 Å². The van der Waals surface area contributed by atoms with Crippen LogP contribution in [0.5, 0.6) is 5.75 Å². The number of nitrogens with zero attached hydrogens (tertiary/aromatic N) is 4. The molecule has 2 aromatic rings. The average molecular weight is 409 g/mol. The highest BCUT2D eigenvalue weighted by molar-refractivity contribution is 6.08. The third kappa shape index (κ3) is 3.17. The summed E-state index contributed by atoms with van der Waals surface area (Å²) in [6, 6.07) is 11.1.